The van der Waals surface area contributed by atoms with Gasteiger partial charge in [0.2, 0.25) is 0 Å². The van der Waals surface area contributed by atoms with Crippen molar-refractivity contribution >= 4 is 17.3 Å². The first-order chi connectivity index (χ1) is 14.4. The number of nitrogen functional groups attached to an aromatic ring is 1. The number of hydrogen-bond donors (Lipinski definition) is 3. The van der Waals surface area contributed by atoms with Crippen molar-refractivity contribution in [2.45, 2.75) is 38.9 Å². The molecule has 6 nitrogen and oxygen atoms in total. The maximum Gasteiger partial charge on any atom is 0.395 e. The summed E-state index contributed by atoms with van der Waals surface area (Å²) in [6.07, 6.45) is -1.76. The van der Waals surface area contributed by atoms with Crippen LogP contribution in [0.4, 0.5) is 29.2 Å². The molecule has 10 heteroatoms. The van der Waals surface area contributed by atoms with Crippen molar-refractivity contribution < 1.29 is 17.6 Å². The molecule has 0 amide bonds. The van der Waals surface area contributed by atoms with Gasteiger partial charge in [-0.2, -0.15) is 13.2 Å². The number of nitrogens with one attached hydrogen (secondary N) is 1. The molecule has 0 spiro atoms. The monoisotopic (exact) mass is 438 g/mol. The van der Waals surface area contributed by atoms with Crippen molar-refractivity contribution in [3.8, 4) is 0 Å². The van der Waals surface area contributed by atoms with Gasteiger partial charge in [0, 0.05) is 30.9 Å². The zero-order valence-corrected chi connectivity index (χ0v) is 17.4. The van der Waals surface area contributed by atoms with Crippen LogP contribution in [-0.4, -0.2) is 41.0 Å². The summed E-state index contributed by atoms with van der Waals surface area (Å²) in [4.78, 5) is 10.0. The molecule has 0 saturated carbocycles. The number of piperidine rings is 1. The van der Waals surface area contributed by atoms with E-state index in [2.05, 4.69) is 9.97 Å². The van der Waals surface area contributed by atoms with Gasteiger partial charge in [-0.25, -0.2) is 14.4 Å². The third-order valence-corrected chi connectivity index (χ3v) is 6.03. The highest BCUT2D eigenvalue weighted by molar-refractivity contribution is 6.12. The number of hydrogen-bond acceptors (Lipinski definition) is 6. The van der Waals surface area contributed by atoms with E-state index < -0.39 is 29.4 Å². The fraction of sp³-hybridized carbons (Fsp3) is 0.476. The van der Waals surface area contributed by atoms with E-state index in [1.165, 1.54) is 18.3 Å². The molecule has 168 valence electrons. The van der Waals surface area contributed by atoms with Crippen molar-refractivity contribution in [1.82, 2.24) is 9.97 Å². The first-order valence-corrected chi connectivity index (χ1v) is 9.97. The number of rotatable bonds is 5. The Bertz CT molecular complexity index is 959. The molecule has 3 heterocycles. The minimum absolute atomic E-state index is 0.0810. The predicted molar refractivity (Wildman–Crippen MR) is 112 cm³/mol. The largest absolute Gasteiger partial charge is 0.395 e. The Kier molecular flexibility index (Phi) is 6.22. The van der Waals surface area contributed by atoms with Gasteiger partial charge in [-0.05, 0) is 56.9 Å². The normalized spacial score (nSPS) is 18.7. The lowest BCUT2D eigenvalue weighted by molar-refractivity contribution is -0.222. The number of aromatic nitrogens is 2. The number of nitrogens with two attached hydrogens (primary N) is 2. The summed E-state index contributed by atoms with van der Waals surface area (Å²) in [5.41, 5.74) is 9.66. The molecular formula is C21H26F4N6. The lowest BCUT2D eigenvalue weighted by atomic mass is 9.74. The summed E-state index contributed by atoms with van der Waals surface area (Å²) in [5, 5.41) is 8.34. The van der Waals surface area contributed by atoms with Gasteiger partial charge < -0.3 is 16.4 Å². The highest BCUT2D eigenvalue weighted by Gasteiger charge is 2.53. The zero-order chi connectivity index (χ0) is 23.0. The summed E-state index contributed by atoms with van der Waals surface area (Å²) in [7, 11) is 0. The molecule has 2 unspecified atom stereocenters. The summed E-state index contributed by atoms with van der Waals surface area (Å²) in [6.45, 7) is 3.05. The Labute approximate surface area is 178 Å². The Morgan fingerprint density at radius 2 is 1.97 bits per heavy atom. The number of pyridine rings is 2. The number of alkyl halides is 3. The van der Waals surface area contributed by atoms with Gasteiger partial charge in [-0.15, -0.1) is 0 Å². The second kappa shape index (κ2) is 8.41. The Morgan fingerprint density at radius 1 is 1.26 bits per heavy atom. The van der Waals surface area contributed by atoms with Crippen LogP contribution < -0.4 is 16.4 Å². The molecule has 2 aromatic heterocycles. The topological polar surface area (TPSA) is 105 Å². The molecule has 1 aliphatic heterocycles. The maximum absolute atomic E-state index is 14.5. The average molecular weight is 438 g/mol. The maximum atomic E-state index is 14.5. The molecular weight excluding hydrogens is 412 g/mol. The molecule has 2 atom stereocenters. The highest BCUT2D eigenvalue weighted by Crippen LogP contribution is 2.43. The van der Waals surface area contributed by atoms with Gasteiger partial charge in [0.15, 0.2) is 5.82 Å². The van der Waals surface area contributed by atoms with E-state index in [1.807, 2.05) is 0 Å². The number of nitrogens with zero attached hydrogens (tertiary/aromatic N) is 3. The van der Waals surface area contributed by atoms with Crippen LogP contribution in [0.5, 0.6) is 0 Å². The third kappa shape index (κ3) is 4.48. The highest BCUT2D eigenvalue weighted by atomic mass is 19.4. The van der Waals surface area contributed by atoms with Crippen LogP contribution in [0.3, 0.4) is 0 Å². The molecule has 31 heavy (non-hydrogen) atoms. The van der Waals surface area contributed by atoms with Crippen molar-refractivity contribution in [1.29, 1.82) is 5.41 Å². The minimum atomic E-state index is -4.42. The Hall–Kier alpha value is -2.75. The van der Waals surface area contributed by atoms with Gasteiger partial charge in [-0.3, -0.25) is 5.41 Å². The number of anilines is 2. The predicted octanol–water partition coefficient (Wildman–Crippen LogP) is 3.75. The van der Waals surface area contributed by atoms with E-state index in [0.717, 1.165) is 13.8 Å². The lowest BCUT2D eigenvalue weighted by Gasteiger charge is -2.43. The molecule has 0 bridgehead atoms. The summed E-state index contributed by atoms with van der Waals surface area (Å²) in [5.74, 6) is -0.641. The third-order valence-electron chi connectivity index (χ3n) is 6.03. The molecule has 3 rings (SSSR count). The van der Waals surface area contributed by atoms with Crippen LogP contribution in [0.1, 0.15) is 37.9 Å². The van der Waals surface area contributed by atoms with E-state index in [4.69, 9.17) is 16.9 Å². The molecule has 0 aromatic carbocycles. The second-order valence-corrected chi connectivity index (χ2v) is 8.40. The van der Waals surface area contributed by atoms with Gasteiger partial charge in [0.1, 0.15) is 17.3 Å². The fourth-order valence-corrected chi connectivity index (χ4v) is 3.83. The SMILES string of the molecule is CC(C)(C(N)C1CCCN(c2ccc(F)c(C(=N)c3cccnc3N)n2)C1)C(F)(F)F. The molecule has 1 fully saturated rings. The van der Waals surface area contributed by atoms with Crippen LogP contribution >= 0.6 is 0 Å². The zero-order valence-electron chi connectivity index (χ0n) is 17.4. The van der Waals surface area contributed by atoms with E-state index in [0.29, 0.717) is 25.2 Å². The molecule has 0 aliphatic carbocycles. The Morgan fingerprint density at radius 3 is 2.61 bits per heavy atom. The van der Waals surface area contributed by atoms with Crippen molar-refractivity contribution in [2.75, 3.05) is 23.7 Å². The second-order valence-electron chi connectivity index (χ2n) is 8.40. The van der Waals surface area contributed by atoms with Gasteiger partial charge in [0.05, 0.1) is 11.1 Å². The Balaban J connectivity index is 1.86. The number of halogens is 4. The van der Waals surface area contributed by atoms with Crippen LogP contribution in [0.2, 0.25) is 0 Å². The van der Waals surface area contributed by atoms with Crippen molar-refractivity contribution in [3.05, 3.63) is 47.5 Å². The molecule has 2 aromatic rings. The van der Waals surface area contributed by atoms with Crippen LogP contribution in [-0.2, 0) is 0 Å². The van der Waals surface area contributed by atoms with Crippen molar-refractivity contribution in [3.63, 3.8) is 0 Å². The lowest BCUT2D eigenvalue weighted by Crippen LogP contribution is -2.55. The first-order valence-electron chi connectivity index (χ1n) is 9.97. The standard InChI is InChI=1S/C21H26F4N6/c1-20(2,21(23,24)25)18(27)12-5-4-10-31(11-12)15-8-7-14(22)17(30-15)16(26)13-6-3-9-29-19(13)28/h3,6-9,12,18,26H,4-5,10-11,27H2,1-2H3,(H2,28,29). The van der Waals surface area contributed by atoms with Crippen LogP contribution in [0.15, 0.2) is 30.5 Å². The summed E-state index contributed by atoms with van der Waals surface area (Å²) in [6, 6.07) is 4.70. The average Bonchev–Trinajstić information content (AvgIpc) is 2.72. The van der Waals surface area contributed by atoms with Gasteiger partial charge in [-0.1, -0.05) is 0 Å². The van der Waals surface area contributed by atoms with Crippen molar-refractivity contribution in [2.24, 2.45) is 17.1 Å². The minimum Gasteiger partial charge on any atom is -0.383 e. The summed E-state index contributed by atoms with van der Waals surface area (Å²) >= 11 is 0. The molecule has 0 radical (unpaired) electrons. The summed E-state index contributed by atoms with van der Waals surface area (Å²) < 4.78 is 54.8. The fourth-order valence-electron chi connectivity index (χ4n) is 3.83. The van der Waals surface area contributed by atoms with Crippen LogP contribution in [0, 0.1) is 22.6 Å². The quantitative estimate of drug-likeness (QED) is 0.487. The van der Waals surface area contributed by atoms with Gasteiger partial charge >= 0.3 is 6.18 Å². The van der Waals surface area contributed by atoms with E-state index in [9.17, 15) is 17.6 Å². The molecule has 1 aliphatic rings. The first kappa shape index (κ1) is 22.9. The van der Waals surface area contributed by atoms with Crippen LogP contribution in [0.25, 0.3) is 0 Å². The van der Waals surface area contributed by atoms with E-state index in [1.54, 1.807) is 17.0 Å². The molecule has 1 saturated heterocycles. The smallest absolute Gasteiger partial charge is 0.383 e. The van der Waals surface area contributed by atoms with E-state index >= 15 is 0 Å². The molecule has 5 N–H and O–H groups in total. The van der Waals surface area contributed by atoms with E-state index in [-0.39, 0.29) is 29.3 Å². The van der Waals surface area contributed by atoms with Gasteiger partial charge in [0.25, 0.3) is 0 Å².